The van der Waals surface area contributed by atoms with E-state index in [9.17, 15) is 4.79 Å². The van der Waals surface area contributed by atoms with Gasteiger partial charge in [-0.1, -0.05) is 48.5 Å². The van der Waals surface area contributed by atoms with Gasteiger partial charge in [-0.25, -0.2) is 9.50 Å². The van der Waals surface area contributed by atoms with Gasteiger partial charge < -0.3 is 19.9 Å². The minimum absolute atomic E-state index is 0.259. The van der Waals surface area contributed by atoms with Gasteiger partial charge in [0.1, 0.15) is 18.1 Å². The number of hydrogen-bond acceptors (Lipinski definition) is 6. The van der Waals surface area contributed by atoms with Crippen molar-refractivity contribution in [1.82, 2.24) is 19.5 Å². The molecule has 6 rings (SSSR count). The van der Waals surface area contributed by atoms with E-state index in [2.05, 4.69) is 38.3 Å². The van der Waals surface area contributed by atoms with E-state index in [-0.39, 0.29) is 5.91 Å². The number of aromatic nitrogens is 3. The average Bonchev–Trinajstić information content (AvgIpc) is 3.41. The summed E-state index contributed by atoms with van der Waals surface area (Å²) in [5.41, 5.74) is 5.71. The third kappa shape index (κ3) is 5.61. The average molecular weight is 519 g/mol. The van der Waals surface area contributed by atoms with Crippen LogP contribution < -0.4 is 15.0 Å². The minimum atomic E-state index is -0.259. The number of rotatable bonds is 7. The fourth-order valence-electron chi connectivity index (χ4n) is 4.71. The van der Waals surface area contributed by atoms with Crippen LogP contribution in [0, 0.1) is 0 Å². The molecule has 1 amide bonds. The van der Waals surface area contributed by atoms with Crippen LogP contribution in [0.3, 0.4) is 0 Å². The van der Waals surface area contributed by atoms with E-state index in [1.807, 2.05) is 72.8 Å². The summed E-state index contributed by atoms with van der Waals surface area (Å²) in [6, 6.07) is 27.6. The first-order valence-electron chi connectivity index (χ1n) is 13.1. The Balaban J connectivity index is 1.17. The number of ether oxygens (including phenoxy) is 1. The second-order valence-electron chi connectivity index (χ2n) is 9.73. The molecule has 8 heteroatoms. The number of fused-ring (bicyclic) bond motifs is 1. The molecule has 1 aliphatic rings. The number of piperazine rings is 1. The lowest BCUT2D eigenvalue weighted by atomic mass is 10.1. The number of anilines is 2. The predicted molar refractivity (Wildman–Crippen MR) is 153 cm³/mol. The molecule has 3 aromatic carbocycles. The lowest BCUT2D eigenvalue weighted by Crippen LogP contribution is -2.44. The largest absolute Gasteiger partial charge is 0.489 e. The van der Waals surface area contributed by atoms with Gasteiger partial charge in [-0.05, 0) is 54.6 Å². The molecular formula is C31H30N6O2. The molecule has 0 spiro atoms. The summed E-state index contributed by atoms with van der Waals surface area (Å²) >= 11 is 0. The summed E-state index contributed by atoms with van der Waals surface area (Å²) in [5.74, 6) is 0.524. The molecule has 0 bridgehead atoms. The van der Waals surface area contributed by atoms with Crippen molar-refractivity contribution in [3.8, 4) is 16.9 Å². The van der Waals surface area contributed by atoms with Gasteiger partial charge in [0.25, 0.3) is 5.91 Å². The van der Waals surface area contributed by atoms with E-state index < -0.39 is 0 Å². The summed E-state index contributed by atoms with van der Waals surface area (Å²) in [7, 11) is 2.14. The molecule has 0 atom stereocenters. The second-order valence-corrected chi connectivity index (χ2v) is 9.73. The van der Waals surface area contributed by atoms with Crippen molar-refractivity contribution in [3.63, 3.8) is 0 Å². The fraction of sp³-hybridized carbons (Fsp3) is 0.194. The summed E-state index contributed by atoms with van der Waals surface area (Å²) in [5, 5.41) is 7.44. The molecule has 39 heavy (non-hydrogen) atoms. The van der Waals surface area contributed by atoms with E-state index >= 15 is 0 Å². The highest BCUT2D eigenvalue weighted by Gasteiger charge is 2.16. The normalized spacial score (nSPS) is 13.9. The molecule has 0 unspecified atom stereocenters. The van der Waals surface area contributed by atoms with Crippen LogP contribution in [-0.2, 0) is 6.61 Å². The maximum Gasteiger partial charge on any atom is 0.274 e. The molecule has 1 N–H and O–H groups in total. The highest BCUT2D eigenvalue weighted by Crippen LogP contribution is 2.26. The van der Waals surface area contributed by atoms with E-state index in [0.717, 1.165) is 60.0 Å². The van der Waals surface area contributed by atoms with Crippen LogP contribution in [0.25, 0.3) is 16.8 Å². The van der Waals surface area contributed by atoms with Crippen molar-refractivity contribution in [2.75, 3.05) is 43.4 Å². The van der Waals surface area contributed by atoms with Crippen LogP contribution in [-0.4, -0.2) is 58.6 Å². The number of benzene rings is 3. The summed E-state index contributed by atoms with van der Waals surface area (Å²) in [6.07, 6.45) is 3.53. The standard InChI is InChI=1S/C31H30N6O2/c1-35-16-18-36(19-17-35)26-9-5-8-25(20-26)33-31(38)29-14-15-37-30(34-29)28(21-32-37)24-10-12-27(13-11-24)39-22-23-6-3-2-4-7-23/h2-15,20-21H,16-19,22H2,1H3,(H,33,38). The number of nitrogens with zero attached hydrogens (tertiary/aromatic N) is 5. The van der Waals surface area contributed by atoms with E-state index in [4.69, 9.17) is 4.74 Å². The van der Waals surface area contributed by atoms with Crippen LogP contribution in [0.1, 0.15) is 16.1 Å². The molecular weight excluding hydrogens is 488 g/mol. The van der Waals surface area contributed by atoms with Crippen molar-refractivity contribution in [2.45, 2.75) is 6.61 Å². The Morgan fingerprint density at radius 2 is 1.72 bits per heavy atom. The monoisotopic (exact) mass is 518 g/mol. The molecule has 196 valence electrons. The molecule has 2 aromatic heterocycles. The number of carbonyl (C=O) groups excluding carboxylic acids is 1. The van der Waals surface area contributed by atoms with Crippen molar-refractivity contribution < 1.29 is 9.53 Å². The molecule has 0 aliphatic carbocycles. The zero-order valence-electron chi connectivity index (χ0n) is 21.8. The first-order valence-corrected chi connectivity index (χ1v) is 13.1. The van der Waals surface area contributed by atoms with Crippen LogP contribution in [0.2, 0.25) is 0 Å². The topological polar surface area (TPSA) is 75.0 Å². The van der Waals surface area contributed by atoms with Gasteiger partial charge in [-0.3, -0.25) is 4.79 Å². The molecule has 5 aromatic rings. The highest BCUT2D eigenvalue weighted by atomic mass is 16.5. The Hall–Kier alpha value is -4.69. The van der Waals surface area contributed by atoms with Gasteiger partial charge >= 0.3 is 0 Å². The Labute approximate surface area is 227 Å². The maximum atomic E-state index is 13.2. The SMILES string of the molecule is CN1CCN(c2cccc(NC(=O)c3ccn4ncc(-c5ccc(OCc6ccccc6)cc5)c4n3)c2)CC1. The lowest BCUT2D eigenvalue weighted by Gasteiger charge is -2.34. The van der Waals surface area contributed by atoms with Crippen LogP contribution in [0.4, 0.5) is 11.4 Å². The van der Waals surface area contributed by atoms with Crippen molar-refractivity contribution in [3.05, 3.63) is 109 Å². The third-order valence-corrected chi connectivity index (χ3v) is 6.99. The number of carbonyl (C=O) groups is 1. The molecule has 0 saturated carbocycles. The van der Waals surface area contributed by atoms with E-state index in [1.165, 1.54) is 0 Å². The Bertz CT molecular complexity index is 1570. The summed E-state index contributed by atoms with van der Waals surface area (Å²) < 4.78 is 7.60. The fourth-order valence-corrected chi connectivity index (χ4v) is 4.71. The van der Waals surface area contributed by atoms with Crippen LogP contribution in [0.15, 0.2) is 97.3 Å². The minimum Gasteiger partial charge on any atom is -0.489 e. The third-order valence-electron chi connectivity index (χ3n) is 6.99. The quantitative estimate of drug-likeness (QED) is 0.328. The van der Waals surface area contributed by atoms with E-state index in [0.29, 0.717) is 17.9 Å². The van der Waals surface area contributed by atoms with Gasteiger partial charge in [0.15, 0.2) is 5.65 Å². The number of likely N-dealkylation sites (N-methyl/N-ethyl adjacent to an activating group) is 1. The van der Waals surface area contributed by atoms with Crippen molar-refractivity contribution in [1.29, 1.82) is 0 Å². The smallest absolute Gasteiger partial charge is 0.274 e. The molecule has 8 nitrogen and oxygen atoms in total. The number of nitrogens with one attached hydrogen (secondary N) is 1. The highest BCUT2D eigenvalue weighted by molar-refractivity contribution is 6.03. The van der Waals surface area contributed by atoms with Crippen LogP contribution >= 0.6 is 0 Å². The lowest BCUT2D eigenvalue weighted by molar-refractivity contribution is 0.102. The van der Waals surface area contributed by atoms with Gasteiger partial charge in [0.05, 0.1) is 6.20 Å². The van der Waals surface area contributed by atoms with E-state index in [1.54, 1.807) is 23.0 Å². The second kappa shape index (κ2) is 11.0. The van der Waals surface area contributed by atoms with Gasteiger partial charge in [-0.15, -0.1) is 0 Å². The Kier molecular flexibility index (Phi) is 6.93. The first-order chi connectivity index (χ1) is 19.1. The predicted octanol–water partition coefficient (Wildman–Crippen LogP) is 4.98. The zero-order valence-corrected chi connectivity index (χ0v) is 21.8. The maximum absolute atomic E-state index is 13.2. The Morgan fingerprint density at radius 1 is 0.923 bits per heavy atom. The molecule has 3 heterocycles. The summed E-state index contributed by atoms with van der Waals surface area (Å²) in [6.45, 7) is 4.50. The molecule has 1 saturated heterocycles. The summed E-state index contributed by atoms with van der Waals surface area (Å²) in [4.78, 5) is 22.5. The Morgan fingerprint density at radius 3 is 2.51 bits per heavy atom. The number of hydrogen-bond donors (Lipinski definition) is 1. The molecule has 1 aliphatic heterocycles. The molecule has 0 radical (unpaired) electrons. The van der Waals surface area contributed by atoms with Gasteiger partial charge in [0.2, 0.25) is 0 Å². The van der Waals surface area contributed by atoms with Crippen molar-refractivity contribution >= 4 is 22.9 Å². The van der Waals surface area contributed by atoms with Crippen molar-refractivity contribution in [2.24, 2.45) is 0 Å². The van der Waals surface area contributed by atoms with Gasteiger partial charge in [0, 0.05) is 49.3 Å². The zero-order chi connectivity index (χ0) is 26.6. The van der Waals surface area contributed by atoms with Crippen LogP contribution in [0.5, 0.6) is 5.75 Å². The number of amides is 1. The molecule has 1 fully saturated rings. The van der Waals surface area contributed by atoms with Gasteiger partial charge in [-0.2, -0.15) is 5.10 Å². The first kappa shape index (κ1) is 24.6.